The summed E-state index contributed by atoms with van der Waals surface area (Å²) in [5.41, 5.74) is 0.552. The standard InChI is InChI=1S/C14H14FNO/c15-11-3-4-13-12(7-11)10(9-16)8-14(17-13)5-1-2-6-14/h3-4,7,10H,1-2,5-6,8H2. The van der Waals surface area contributed by atoms with Crippen LogP contribution >= 0.6 is 0 Å². The molecular formula is C14H14FNO. The van der Waals surface area contributed by atoms with Crippen LogP contribution in [0.3, 0.4) is 0 Å². The summed E-state index contributed by atoms with van der Waals surface area (Å²) in [6, 6.07) is 6.79. The normalized spacial score (nSPS) is 25.1. The molecule has 0 aromatic heterocycles. The van der Waals surface area contributed by atoms with Crippen molar-refractivity contribution in [2.24, 2.45) is 0 Å². The van der Waals surface area contributed by atoms with Gasteiger partial charge in [0.1, 0.15) is 17.2 Å². The van der Waals surface area contributed by atoms with Crippen LogP contribution in [-0.4, -0.2) is 5.60 Å². The number of rotatable bonds is 0. The van der Waals surface area contributed by atoms with Crippen LogP contribution in [0.4, 0.5) is 4.39 Å². The number of fused-ring (bicyclic) bond motifs is 1. The zero-order chi connectivity index (χ0) is 11.9. The van der Waals surface area contributed by atoms with Gasteiger partial charge in [-0.15, -0.1) is 0 Å². The Kier molecular flexibility index (Phi) is 2.32. The molecule has 3 rings (SSSR count). The predicted octanol–water partition coefficient (Wildman–Crippen LogP) is 3.53. The molecule has 1 unspecified atom stereocenters. The summed E-state index contributed by atoms with van der Waals surface area (Å²) in [6.07, 6.45) is 5.06. The average molecular weight is 231 g/mol. The lowest BCUT2D eigenvalue weighted by atomic mass is 9.82. The third kappa shape index (κ3) is 1.68. The Morgan fingerprint density at radius 1 is 1.35 bits per heavy atom. The molecule has 0 amide bonds. The molecule has 88 valence electrons. The van der Waals surface area contributed by atoms with Gasteiger partial charge < -0.3 is 4.74 Å². The van der Waals surface area contributed by atoms with Crippen LogP contribution in [0.2, 0.25) is 0 Å². The van der Waals surface area contributed by atoms with E-state index in [0.29, 0.717) is 17.7 Å². The number of halogens is 1. The minimum absolute atomic E-state index is 0.161. The zero-order valence-corrected chi connectivity index (χ0v) is 9.58. The van der Waals surface area contributed by atoms with E-state index in [4.69, 9.17) is 4.74 Å². The molecule has 0 radical (unpaired) electrons. The highest BCUT2D eigenvalue weighted by atomic mass is 19.1. The molecule has 0 N–H and O–H groups in total. The molecule has 0 bridgehead atoms. The molecule has 1 spiro atoms. The number of hydrogen-bond acceptors (Lipinski definition) is 2. The molecule has 1 atom stereocenters. The summed E-state index contributed by atoms with van der Waals surface area (Å²) >= 11 is 0. The fourth-order valence-corrected chi connectivity index (χ4v) is 3.08. The lowest BCUT2D eigenvalue weighted by Gasteiger charge is -2.37. The van der Waals surface area contributed by atoms with E-state index in [-0.39, 0.29) is 17.3 Å². The summed E-state index contributed by atoms with van der Waals surface area (Å²) in [4.78, 5) is 0. The Hall–Kier alpha value is -1.56. The van der Waals surface area contributed by atoms with Gasteiger partial charge in [0.15, 0.2) is 0 Å². The Morgan fingerprint density at radius 3 is 2.82 bits per heavy atom. The van der Waals surface area contributed by atoms with E-state index < -0.39 is 0 Å². The summed E-state index contributed by atoms with van der Waals surface area (Å²) in [5.74, 6) is 0.175. The molecule has 0 saturated heterocycles. The summed E-state index contributed by atoms with van der Waals surface area (Å²) in [6.45, 7) is 0. The van der Waals surface area contributed by atoms with E-state index in [0.717, 1.165) is 25.7 Å². The molecule has 2 nitrogen and oxygen atoms in total. The topological polar surface area (TPSA) is 33.0 Å². The molecule has 1 saturated carbocycles. The van der Waals surface area contributed by atoms with Gasteiger partial charge in [-0.1, -0.05) is 0 Å². The Balaban J connectivity index is 2.04. The van der Waals surface area contributed by atoms with Crippen LogP contribution in [0, 0.1) is 17.1 Å². The van der Waals surface area contributed by atoms with Gasteiger partial charge in [0, 0.05) is 12.0 Å². The van der Waals surface area contributed by atoms with Crippen molar-refractivity contribution in [3.05, 3.63) is 29.6 Å². The summed E-state index contributed by atoms with van der Waals surface area (Å²) < 4.78 is 19.3. The maximum absolute atomic E-state index is 13.2. The van der Waals surface area contributed by atoms with Crippen LogP contribution in [0.1, 0.15) is 43.6 Å². The smallest absolute Gasteiger partial charge is 0.124 e. The van der Waals surface area contributed by atoms with Gasteiger partial charge in [0.25, 0.3) is 0 Å². The Morgan fingerprint density at radius 2 is 2.12 bits per heavy atom. The third-order valence-electron chi connectivity index (χ3n) is 3.92. The van der Waals surface area contributed by atoms with E-state index in [1.165, 1.54) is 12.1 Å². The number of nitriles is 1. The first-order valence-electron chi connectivity index (χ1n) is 6.11. The highest BCUT2D eigenvalue weighted by Crippen LogP contribution is 2.47. The van der Waals surface area contributed by atoms with E-state index in [1.807, 2.05) is 0 Å². The van der Waals surface area contributed by atoms with Crippen LogP contribution in [0.5, 0.6) is 5.75 Å². The Bertz CT molecular complexity index is 485. The number of benzene rings is 1. The monoisotopic (exact) mass is 231 g/mol. The highest BCUT2D eigenvalue weighted by Gasteiger charge is 2.43. The van der Waals surface area contributed by atoms with Gasteiger partial charge in [0.2, 0.25) is 0 Å². The largest absolute Gasteiger partial charge is 0.487 e. The first-order chi connectivity index (χ1) is 8.22. The fraction of sp³-hybridized carbons (Fsp3) is 0.500. The molecule has 2 aliphatic rings. The van der Waals surface area contributed by atoms with Crippen molar-refractivity contribution >= 4 is 0 Å². The molecule has 1 aromatic rings. The lowest BCUT2D eigenvalue weighted by Crippen LogP contribution is -2.38. The van der Waals surface area contributed by atoms with Crippen LogP contribution in [0.25, 0.3) is 0 Å². The van der Waals surface area contributed by atoms with E-state index in [1.54, 1.807) is 6.07 Å². The third-order valence-corrected chi connectivity index (χ3v) is 3.92. The molecule has 17 heavy (non-hydrogen) atoms. The van der Waals surface area contributed by atoms with E-state index >= 15 is 0 Å². The van der Waals surface area contributed by atoms with Gasteiger partial charge in [-0.05, 0) is 43.9 Å². The molecule has 1 heterocycles. The van der Waals surface area contributed by atoms with E-state index in [9.17, 15) is 9.65 Å². The second kappa shape index (κ2) is 3.73. The van der Waals surface area contributed by atoms with E-state index in [2.05, 4.69) is 6.07 Å². The minimum atomic E-state index is -0.296. The van der Waals surface area contributed by atoms with Gasteiger partial charge in [-0.3, -0.25) is 0 Å². The van der Waals surface area contributed by atoms with Crippen molar-refractivity contribution in [2.45, 2.75) is 43.6 Å². The average Bonchev–Trinajstić information content (AvgIpc) is 2.77. The van der Waals surface area contributed by atoms with Crippen LogP contribution < -0.4 is 4.74 Å². The second-order valence-electron chi connectivity index (χ2n) is 5.06. The summed E-state index contributed by atoms with van der Waals surface area (Å²) in [7, 11) is 0. The van der Waals surface area contributed by atoms with Crippen molar-refractivity contribution in [2.75, 3.05) is 0 Å². The number of nitrogens with zero attached hydrogens (tertiary/aromatic N) is 1. The minimum Gasteiger partial charge on any atom is -0.487 e. The maximum atomic E-state index is 13.2. The SMILES string of the molecule is N#CC1CC2(CCCC2)Oc2ccc(F)cc21. The first-order valence-corrected chi connectivity index (χ1v) is 6.11. The fourth-order valence-electron chi connectivity index (χ4n) is 3.08. The van der Waals surface area contributed by atoms with Crippen molar-refractivity contribution in [1.82, 2.24) is 0 Å². The van der Waals surface area contributed by atoms with Crippen molar-refractivity contribution in [3.63, 3.8) is 0 Å². The molecule has 1 aliphatic heterocycles. The van der Waals surface area contributed by atoms with Crippen molar-refractivity contribution in [1.29, 1.82) is 5.26 Å². The van der Waals surface area contributed by atoms with Gasteiger partial charge in [-0.2, -0.15) is 5.26 Å². The number of ether oxygens (including phenoxy) is 1. The van der Waals surface area contributed by atoms with Crippen LogP contribution in [-0.2, 0) is 0 Å². The zero-order valence-electron chi connectivity index (χ0n) is 9.58. The predicted molar refractivity (Wildman–Crippen MR) is 61.2 cm³/mol. The molecular weight excluding hydrogens is 217 g/mol. The van der Waals surface area contributed by atoms with Gasteiger partial charge in [0.05, 0.1) is 12.0 Å². The maximum Gasteiger partial charge on any atom is 0.124 e. The van der Waals surface area contributed by atoms with Gasteiger partial charge >= 0.3 is 0 Å². The highest BCUT2D eigenvalue weighted by molar-refractivity contribution is 5.42. The molecule has 1 aliphatic carbocycles. The molecule has 1 aromatic carbocycles. The first kappa shape index (κ1) is 10.6. The quantitative estimate of drug-likeness (QED) is 0.684. The molecule has 3 heteroatoms. The lowest BCUT2D eigenvalue weighted by molar-refractivity contribution is 0.0482. The van der Waals surface area contributed by atoms with Crippen molar-refractivity contribution < 1.29 is 9.13 Å². The number of hydrogen-bond donors (Lipinski definition) is 0. The van der Waals surface area contributed by atoms with Gasteiger partial charge in [-0.25, -0.2) is 4.39 Å². The molecule has 1 fully saturated rings. The Labute approximate surface area is 100 Å². The van der Waals surface area contributed by atoms with Crippen molar-refractivity contribution in [3.8, 4) is 11.8 Å². The second-order valence-corrected chi connectivity index (χ2v) is 5.06. The van der Waals surface area contributed by atoms with Crippen LogP contribution in [0.15, 0.2) is 18.2 Å². The summed E-state index contributed by atoms with van der Waals surface area (Å²) in [5, 5.41) is 9.24.